The molecule has 0 aliphatic rings. The Hall–Kier alpha value is -3.79. The number of anilines is 1. The summed E-state index contributed by atoms with van der Waals surface area (Å²) in [6, 6.07) is 8.82. The molecule has 0 bridgehead atoms. The number of nitrogens with two attached hydrogens (primary N) is 1. The van der Waals surface area contributed by atoms with Gasteiger partial charge in [0, 0.05) is 24.2 Å². The van der Waals surface area contributed by atoms with Crippen molar-refractivity contribution in [1.29, 1.82) is 0 Å². The number of fused-ring (bicyclic) bond motifs is 1. The van der Waals surface area contributed by atoms with Crippen LogP contribution in [0, 0.1) is 0 Å². The molecule has 0 saturated carbocycles. The summed E-state index contributed by atoms with van der Waals surface area (Å²) in [5.41, 5.74) is 10.6. The number of carbonyl (C=O) groups excluding carboxylic acids is 1. The number of hydrogen-bond donors (Lipinski definition) is 4. The van der Waals surface area contributed by atoms with Crippen molar-refractivity contribution in [2.45, 2.75) is 25.9 Å². The van der Waals surface area contributed by atoms with E-state index in [-0.39, 0.29) is 18.6 Å². The van der Waals surface area contributed by atoms with E-state index in [9.17, 15) is 4.79 Å². The molecule has 3 heterocycles. The molecular formula is C20H22N8O2. The van der Waals surface area contributed by atoms with Crippen LogP contribution in [0.2, 0.25) is 0 Å². The van der Waals surface area contributed by atoms with E-state index < -0.39 is 0 Å². The van der Waals surface area contributed by atoms with E-state index in [1.54, 1.807) is 31.3 Å². The average molecular weight is 406 g/mol. The lowest BCUT2D eigenvalue weighted by molar-refractivity contribution is 0.0922. The Balaban J connectivity index is 1.43. The van der Waals surface area contributed by atoms with Crippen molar-refractivity contribution in [3.8, 4) is 0 Å². The standard InChI is InChI=1S/C20H22N8O2/c1-12(11-29)23-20(30)15-4-2-13(3-5-15)9-28-10-14(8-22-28)6-16-7-17(21)24-19-18(16)25-27-26-19/h2-5,7-8,10,12,29H,6,9,11H2,1H3,(H,23,30)(H3,21,24,25,26,27). The molecule has 0 spiro atoms. The smallest absolute Gasteiger partial charge is 0.251 e. The Morgan fingerprint density at radius 2 is 2.07 bits per heavy atom. The lowest BCUT2D eigenvalue weighted by Gasteiger charge is -2.11. The number of rotatable bonds is 7. The summed E-state index contributed by atoms with van der Waals surface area (Å²) in [7, 11) is 0. The van der Waals surface area contributed by atoms with Gasteiger partial charge in [-0.05, 0) is 41.8 Å². The maximum Gasteiger partial charge on any atom is 0.251 e. The zero-order valence-electron chi connectivity index (χ0n) is 16.4. The van der Waals surface area contributed by atoms with Crippen LogP contribution in [-0.4, -0.2) is 53.8 Å². The molecule has 0 aliphatic heterocycles. The number of nitrogen functional groups attached to an aromatic ring is 1. The number of pyridine rings is 1. The van der Waals surface area contributed by atoms with Crippen molar-refractivity contribution in [1.82, 2.24) is 35.5 Å². The van der Waals surface area contributed by atoms with Gasteiger partial charge in [0.15, 0.2) is 0 Å². The molecule has 0 saturated heterocycles. The number of hydrogen-bond acceptors (Lipinski definition) is 7. The summed E-state index contributed by atoms with van der Waals surface area (Å²) >= 11 is 0. The molecule has 1 amide bonds. The minimum Gasteiger partial charge on any atom is -0.394 e. The number of nitrogens with zero attached hydrogens (tertiary/aromatic N) is 5. The van der Waals surface area contributed by atoms with E-state index in [1.165, 1.54) is 0 Å². The maximum atomic E-state index is 12.1. The molecule has 10 heteroatoms. The number of aliphatic hydroxyl groups excluding tert-OH is 1. The van der Waals surface area contributed by atoms with Crippen LogP contribution in [-0.2, 0) is 13.0 Å². The van der Waals surface area contributed by atoms with Gasteiger partial charge in [0.2, 0.25) is 5.65 Å². The Kier molecular flexibility index (Phi) is 5.40. The molecule has 5 N–H and O–H groups in total. The Morgan fingerprint density at radius 3 is 2.83 bits per heavy atom. The summed E-state index contributed by atoms with van der Waals surface area (Å²) in [6.07, 6.45) is 4.38. The third kappa shape index (κ3) is 4.28. The van der Waals surface area contributed by atoms with Crippen LogP contribution >= 0.6 is 0 Å². The first-order chi connectivity index (χ1) is 14.5. The number of amides is 1. The van der Waals surface area contributed by atoms with Crippen LogP contribution in [0.25, 0.3) is 11.2 Å². The third-order valence-corrected chi connectivity index (χ3v) is 4.68. The molecule has 4 rings (SSSR count). The highest BCUT2D eigenvalue weighted by Gasteiger charge is 2.11. The number of H-pyrrole nitrogens is 1. The highest BCUT2D eigenvalue weighted by atomic mass is 16.3. The van der Waals surface area contributed by atoms with Gasteiger partial charge in [-0.25, -0.2) is 4.98 Å². The van der Waals surface area contributed by atoms with E-state index in [0.29, 0.717) is 35.5 Å². The molecule has 3 aromatic heterocycles. The van der Waals surface area contributed by atoms with Crippen molar-refractivity contribution in [3.05, 3.63) is 65.0 Å². The second-order valence-corrected chi connectivity index (χ2v) is 7.18. The van der Waals surface area contributed by atoms with Crippen LogP contribution in [0.1, 0.15) is 34.0 Å². The molecule has 1 aromatic carbocycles. The van der Waals surface area contributed by atoms with E-state index in [2.05, 4.69) is 30.8 Å². The normalized spacial score (nSPS) is 12.2. The quantitative estimate of drug-likeness (QED) is 0.356. The van der Waals surface area contributed by atoms with Crippen molar-refractivity contribution < 1.29 is 9.90 Å². The summed E-state index contributed by atoms with van der Waals surface area (Å²) < 4.78 is 1.84. The topological polar surface area (TPSA) is 148 Å². The second kappa shape index (κ2) is 8.29. The maximum absolute atomic E-state index is 12.1. The fourth-order valence-corrected chi connectivity index (χ4v) is 3.16. The highest BCUT2D eigenvalue weighted by molar-refractivity contribution is 5.94. The fraction of sp³-hybridized carbons (Fsp3) is 0.250. The van der Waals surface area contributed by atoms with Gasteiger partial charge in [-0.3, -0.25) is 9.48 Å². The number of nitrogens with one attached hydrogen (secondary N) is 2. The summed E-state index contributed by atoms with van der Waals surface area (Å²) in [6.45, 7) is 2.22. The van der Waals surface area contributed by atoms with Gasteiger partial charge in [0.1, 0.15) is 11.3 Å². The van der Waals surface area contributed by atoms with Gasteiger partial charge < -0.3 is 16.2 Å². The summed E-state index contributed by atoms with van der Waals surface area (Å²) in [5, 5.41) is 26.9. The number of benzene rings is 1. The first-order valence-electron chi connectivity index (χ1n) is 9.49. The fourth-order valence-electron chi connectivity index (χ4n) is 3.16. The third-order valence-electron chi connectivity index (χ3n) is 4.68. The SMILES string of the molecule is CC(CO)NC(=O)c1ccc(Cn2cc(Cc3cc(N)nc4n[nH]nc34)cn2)cc1. The Labute approximate surface area is 172 Å². The molecule has 10 nitrogen and oxygen atoms in total. The van der Waals surface area contributed by atoms with Gasteiger partial charge in [-0.2, -0.15) is 15.4 Å². The first-order valence-corrected chi connectivity index (χ1v) is 9.49. The molecule has 1 unspecified atom stereocenters. The van der Waals surface area contributed by atoms with E-state index in [1.807, 2.05) is 23.0 Å². The average Bonchev–Trinajstić information content (AvgIpc) is 3.37. The predicted octanol–water partition coefficient (Wildman–Crippen LogP) is 0.881. The van der Waals surface area contributed by atoms with Crippen LogP contribution in [0.15, 0.2) is 42.7 Å². The van der Waals surface area contributed by atoms with Gasteiger partial charge in [0.05, 0.1) is 19.3 Å². The van der Waals surface area contributed by atoms with E-state index in [0.717, 1.165) is 16.7 Å². The van der Waals surface area contributed by atoms with Crippen molar-refractivity contribution >= 4 is 22.9 Å². The highest BCUT2D eigenvalue weighted by Crippen LogP contribution is 2.19. The zero-order chi connectivity index (χ0) is 21.1. The lowest BCUT2D eigenvalue weighted by Crippen LogP contribution is -2.34. The molecule has 0 aliphatic carbocycles. The molecule has 0 fully saturated rings. The summed E-state index contributed by atoms with van der Waals surface area (Å²) in [5.74, 6) is 0.191. The Bertz CT molecular complexity index is 1170. The number of aromatic nitrogens is 6. The number of aromatic amines is 1. The number of carbonyl (C=O) groups is 1. The van der Waals surface area contributed by atoms with Crippen LogP contribution in [0.3, 0.4) is 0 Å². The predicted molar refractivity (Wildman–Crippen MR) is 111 cm³/mol. The van der Waals surface area contributed by atoms with Crippen molar-refractivity contribution in [3.63, 3.8) is 0 Å². The van der Waals surface area contributed by atoms with Crippen molar-refractivity contribution in [2.24, 2.45) is 0 Å². The lowest BCUT2D eigenvalue weighted by atomic mass is 10.1. The van der Waals surface area contributed by atoms with E-state index >= 15 is 0 Å². The van der Waals surface area contributed by atoms with Crippen molar-refractivity contribution in [2.75, 3.05) is 12.3 Å². The molecular weight excluding hydrogens is 384 g/mol. The largest absolute Gasteiger partial charge is 0.394 e. The summed E-state index contributed by atoms with van der Waals surface area (Å²) in [4.78, 5) is 16.2. The van der Waals surface area contributed by atoms with Gasteiger partial charge >= 0.3 is 0 Å². The molecule has 1 atom stereocenters. The van der Waals surface area contributed by atoms with Gasteiger partial charge in [0.25, 0.3) is 5.91 Å². The minimum absolute atomic E-state index is 0.0975. The minimum atomic E-state index is -0.283. The Morgan fingerprint density at radius 1 is 1.27 bits per heavy atom. The first kappa shape index (κ1) is 19.5. The van der Waals surface area contributed by atoms with E-state index in [4.69, 9.17) is 10.8 Å². The molecule has 0 radical (unpaired) electrons. The second-order valence-electron chi connectivity index (χ2n) is 7.18. The van der Waals surface area contributed by atoms with Gasteiger partial charge in [-0.1, -0.05) is 12.1 Å². The van der Waals surface area contributed by atoms with Crippen LogP contribution < -0.4 is 11.1 Å². The molecule has 4 aromatic rings. The zero-order valence-corrected chi connectivity index (χ0v) is 16.4. The van der Waals surface area contributed by atoms with Crippen LogP contribution in [0.4, 0.5) is 5.82 Å². The monoisotopic (exact) mass is 406 g/mol. The molecule has 30 heavy (non-hydrogen) atoms. The number of aliphatic hydroxyl groups is 1. The van der Waals surface area contributed by atoms with Gasteiger partial charge in [-0.15, -0.1) is 5.10 Å². The van der Waals surface area contributed by atoms with Crippen LogP contribution in [0.5, 0.6) is 0 Å². The molecule has 154 valence electrons.